The zero-order valence-corrected chi connectivity index (χ0v) is 15.3. The van der Waals surface area contributed by atoms with Crippen LogP contribution in [0.5, 0.6) is 0 Å². The summed E-state index contributed by atoms with van der Waals surface area (Å²) < 4.78 is 38.9. The SMILES string of the molecule is NC(=O)/C(=C1\Nc2ccc(NC(=O)C3(N)CC3)cc2N1)c1nccc(C(F)(F)F)n1. The molecular formula is C18H16F3N7O2. The third-order valence-corrected chi connectivity index (χ3v) is 4.70. The van der Waals surface area contributed by atoms with E-state index in [1.165, 1.54) is 0 Å². The lowest BCUT2D eigenvalue weighted by Crippen LogP contribution is -2.37. The number of nitrogens with two attached hydrogens (primary N) is 2. The van der Waals surface area contributed by atoms with Crippen LogP contribution >= 0.6 is 0 Å². The van der Waals surface area contributed by atoms with Gasteiger partial charge in [-0.3, -0.25) is 9.59 Å². The molecule has 4 rings (SSSR count). The van der Waals surface area contributed by atoms with Crippen LogP contribution in [-0.4, -0.2) is 27.3 Å². The average molecular weight is 419 g/mol. The average Bonchev–Trinajstić information content (AvgIpc) is 3.29. The normalized spacial score (nSPS) is 18.0. The summed E-state index contributed by atoms with van der Waals surface area (Å²) in [6.07, 6.45) is -2.60. The van der Waals surface area contributed by atoms with Crippen LogP contribution in [-0.2, 0) is 15.8 Å². The van der Waals surface area contributed by atoms with Crippen LogP contribution in [0.2, 0.25) is 0 Å². The Hall–Kier alpha value is -3.67. The Morgan fingerprint density at radius 1 is 1.13 bits per heavy atom. The molecule has 9 nitrogen and oxygen atoms in total. The van der Waals surface area contributed by atoms with Crippen molar-refractivity contribution in [2.24, 2.45) is 11.5 Å². The van der Waals surface area contributed by atoms with Crippen LogP contribution in [0, 0.1) is 0 Å². The number of nitrogens with zero attached hydrogens (tertiary/aromatic N) is 2. The molecule has 1 fully saturated rings. The molecule has 2 amide bonds. The third kappa shape index (κ3) is 3.64. The molecule has 7 N–H and O–H groups in total. The van der Waals surface area contributed by atoms with Crippen molar-refractivity contribution in [1.29, 1.82) is 0 Å². The minimum atomic E-state index is -4.71. The smallest absolute Gasteiger partial charge is 0.365 e. The Bertz CT molecular complexity index is 1090. The van der Waals surface area contributed by atoms with Gasteiger partial charge in [0, 0.05) is 11.9 Å². The van der Waals surface area contributed by atoms with Crippen molar-refractivity contribution < 1.29 is 22.8 Å². The highest BCUT2D eigenvalue weighted by Gasteiger charge is 2.46. The van der Waals surface area contributed by atoms with Gasteiger partial charge in [-0.25, -0.2) is 9.97 Å². The monoisotopic (exact) mass is 419 g/mol. The molecule has 1 aromatic heterocycles. The number of primary amides is 1. The molecule has 1 aliphatic heterocycles. The van der Waals surface area contributed by atoms with Gasteiger partial charge < -0.3 is 27.4 Å². The second-order valence-electron chi connectivity index (χ2n) is 7.00. The number of halogens is 3. The number of amides is 2. The summed E-state index contributed by atoms with van der Waals surface area (Å²) in [6, 6.07) is 5.51. The first-order valence-corrected chi connectivity index (χ1v) is 8.80. The topological polar surface area (TPSA) is 148 Å². The number of nitrogens with one attached hydrogen (secondary N) is 3. The number of alkyl halides is 3. The molecule has 0 atom stereocenters. The Labute approximate surface area is 167 Å². The molecule has 12 heteroatoms. The molecular weight excluding hydrogens is 403 g/mol. The first-order valence-electron chi connectivity index (χ1n) is 8.80. The van der Waals surface area contributed by atoms with Crippen LogP contribution in [0.1, 0.15) is 24.4 Å². The van der Waals surface area contributed by atoms with Crippen molar-refractivity contribution in [3.63, 3.8) is 0 Å². The molecule has 1 aliphatic carbocycles. The number of hydrogen-bond donors (Lipinski definition) is 5. The van der Waals surface area contributed by atoms with Gasteiger partial charge >= 0.3 is 6.18 Å². The van der Waals surface area contributed by atoms with Gasteiger partial charge in [0.25, 0.3) is 5.91 Å². The number of aromatic nitrogens is 2. The van der Waals surface area contributed by atoms with Gasteiger partial charge in [0.15, 0.2) is 5.82 Å². The van der Waals surface area contributed by atoms with Gasteiger partial charge in [0.05, 0.1) is 16.9 Å². The number of carbonyl (C=O) groups is 2. The molecule has 2 heterocycles. The van der Waals surface area contributed by atoms with E-state index in [1.54, 1.807) is 18.2 Å². The number of benzene rings is 1. The molecule has 0 unspecified atom stereocenters. The van der Waals surface area contributed by atoms with Crippen molar-refractivity contribution in [3.8, 4) is 0 Å². The third-order valence-electron chi connectivity index (χ3n) is 4.70. The molecule has 30 heavy (non-hydrogen) atoms. The summed E-state index contributed by atoms with van der Waals surface area (Å²) >= 11 is 0. The van der Waals surface area contributed by atoms with Gasteiger partial charge in [-0.1, -0.05) is 0 Å². The Morgan fingerprint density at radius 3 is 2.47 bits per heavy atom. The summed E-state index contributed by atoms with van der Waals surface area (Å²) in [4.78, 5) is 31.3. The Morgan fingerprint density at radius 2 is 1.83 bits per heavy atom. The minimum absolute atomic E-state index is 0.0257. The zero-order valence-electron chi connectivity index (χ0n) is 15.3. The number of carbonyl (C=O) groups excluding carboxylic acids is 2. The summed E-state index contributed by atoms with van der Waals surface area (Å²) in [5.74, 6) is -1.78. The first-order chi connectivity index (χ1) is 14.1. The van der Waals surface area contributed by atoms with Crippen molar-refractivity contribution in [3.05, 3.63) is 47.8 Å². The predicted molar refractivity (Wildman–Crippen MR) is 102 cm³/mol. The number of rotatable bonds is 4. The van der Waals surface area contributed by atoms with Gasteiger partial charge in [-0.15, -0.1) is 0 Å². The maximum atomic E-state index is 13.0. The fourth-order valence-electron chi connectivity index (χ4n) is 2.86. The summed E-state index contributed by atoms with van der Waals surface area (Å²) in [5, 5.41) is 8.44. The van der Waals surface area contributed by atoms with Crippen molar-refractivity contribution in [2.45, 2.75) is 24.6 Å². The Kier molecular flexibility index (Phi) is 4.38. The number of anilines is 3. The van der Waals surface area contributed by atoms with Crippen LogP contribution in [0.25, 0.3) is 5.57 Å². The quantitative estimate of drug-likeness (QED) is 0.473. The van der Waals surface area contributed by atoms with Crippen LogP contribution in [0.3, 0.4) is 0 Å². The fourth-order valence-corrected chi connectivity index (χ4v) is 2.86. The maximum Gasteiger partial charge on any atom is 0.433 e. The van der Waals surface area contributed by atoms with E-state index in [-0.39, 0.29) is 17.3 Å². The van der Waals surface area contributed by atoms with E-state index in [1.807, 2.05) is 0 Å². The number of hydrogen-bond acceptors (Lipinski definition) is 7. The van der Waals surface area contributed by atoms with Gasteiger partial charge in [-0.2, -0.15) is 13.2 Å². The van der Waals surface area contributed by atoms with E-state index in [2.05, 4.69) is 25.9 Å². The molecule has 0 saturated heterocycles. The highest BCUT2D eigenvalue weighted by molar-refractivity contribution is 6.20. The van der Waals surface area contributed by atoms with Crippen molar-refractivity contribution in [2.75, 3.05) is 16.0 Å². The van der Waals surface area contributed by atoms with Crippen molar-refractivity contribution in [1.82, 2.24) is 9.97 Å². The second kappa shape index (κ2) is 6.69. The Balaban J connectivity index is 1.64. The summed E-state index contributed by atoms with van der Waals surface area (Å²) in [5.41, 5.74) is 10.3. The zero-order chi connectivity index (χ0) is 21.7. The molecule has 2 aromatic rings. The molecule has 2 aliphatic rings. The van der Waals surface area contributed by atoms with E-state index < -0.39 is 29.1 Å². The van der Waals surface area contributed by atoms with Crippen LogP contribution in [0.4, 0.5) is 30.2 Å². The second-order valence-corrected chi connectivity index (χ2v) is 7.00. The molecule has 0 spiro atoms. The lowest BCUT2D eigenvalue weighted by atomic mass is 10.2. The van der Waals surface area contributed by atoms with Crippen molar-refractivity contribution >= 4 is 34.4 Å². The largest absolute Gasteiger partial charge is 0.433 e. The minimum Gasteiger partial charge on any atom is -0.365 e. The summed E-state index contributed by atoms with van der Waals surface area (Å²) in [6.45, 7) is 0. The molecule has 0 bridgehead atoms. The van der Waals surface area contributed by atoms with Gasteiger partial charge in [-0.05, 0) is 37.1 Å². The molecule has 1 aromatic carbocycles. The lowest BCUT2D eigenvalue weighted by Gasteiger charge is -2.11. The molecule has 156 valence electrons. The van der Waals surface area contributed by atoms with Crippen LogP contribution < -0.4 is 27.4 Å². The predicted octanol–water partition coefficient (Wildman–Crippen LogP) is 1.62. The molecule has 0 radical (unpaired) electrons. The first kappa shape index (κ1) is 19.6. The van der Waals surface area contributed by atoms with Crippen LogP contribution in [0.15, 0.2) is 36.3 Å². The lowest BCUT2D eigenvalue weighted by molar-refractivity contribution is -0.141. The fraction of sp³-hybridized carbons (Fsp3) is 0.222. The van der Waals surface area contributed by atoms with Gasteiger partial charge in [0.1, 0.15) is 17.1 Å². The number of fused-ring (bicyclic) bond motifs is 1. The van der Waals surface area contributed by atoms with E-state index in [0.717, 1.165) is 6.20 Å². The van der Waals surface area contributed by atoms with E-state index in [4.69, 9.17) is 11.5 Å². The van der Waals surface area contributed by atoms with E-state index >= 15 is 0 Å². The van der Waals surface area contributed by atoms with E-state index in [0.29, 0.717) is 36.0 Å². The summed E-state index contributed by atoms with van der Waals surface area (Å²) in [7, 11) is 0. The molecule has 1 saturated carbocycles. The highest BCUT2D eigenvalue weighted by atomic mass is 19.4. The van der Waals surface area contributed by atoms with Gasteiger partial charge in [0.2, 0.25) is 5.91 Å². The van der Waals surface area contributed by atoms with E-state index in [9.17, 15) is 22.8 Å². The highest BCUT2D eigenvalue weighted by Crippen LogP contribution is 2.37. The maximum absolute atomic E-state index is 13.0. The standard InChI is InChI=1S/C18H16F3N7O2/c19-18(20,21)11-3-6-24-14(28-11)12(13(22)29)15-26-9-2-1-8(7-10(9)27-15)25-16(30)17(23)4-5-17/h1-3,6-7,26-27H,4-5,23H2,(H2,22,29)(H,25,30)/b15-12-.